The van der Waals surface area contributed by atoms with E-state index in [-0.39, 0.29) is 0 Å². The lowest BCUT2D eigenvalue weighted by molar-refractivity contribution is -0.0325. The summed E-state index contributed by atoms with van der Waals surface area (Å²) >= 11 is 12.5. The van der Waals surface area contributed by atoms with Gasteiger partial charge in [0, 0.05) is 31.1 Å². The van der Waals surface area contributed by atoms with Gasteiger partial charge in [-0.1, -0.05) is 59.6 Å². The van der Waals surface area contributed by atoms with E-state index in [0.717, 1.165) is 31.6 Å². The third kappa shape index (κ3) is 3.01. The maximum atomic E-state index is 6.38. The van der Waals surface area contributed by atoms with Crippen molar-refractivity contribution in [3.8, 4) is 0 Å². The Labute approximate surface area is 147 Å². The monoisotopic (exact) mass is 347 g/mol. The number of rotatable bonds is 2. The number of fused-ring (bicyclic) bond motifs is 3. The predicted molar refractivity (Wildman–Crippen MR) is 94.1 cm³/mol. The lowest BCUT2D eigenvalue weighted by atomic mass is 9.83. The van der Waals surface area contributed by atoms with Crippen molar-refractivity contribution >= 4 is 23.2 Å². The molecule has 0 radical (unpaired) electrons. The smallest absolute Gasteiger partial charge is 0.0738 e. The Morgan fingerprint density at radius 3 is 2.74 bits per heavy atom. The molecule has 23 heavy (non-hydrogen) atoms. The van der Waals surface area contributed by atoms with Crippen molar-refractivity contribution in [3.05, 3.63) is 69.2 Å². The van der Waals surface area contributed by atoms with Gasteiger partial charge in [-0.15, -0.1) is 0 Å². The largest absolute Gasteiger partial charge is 0.373 e. The third-order valence-corrected chi connectivity index (χ3v) is 5.80. The standard InChI is InChI=1S/C19H19Cl2NO/c20-17-7-6-14-15-11-22(10-13-4-2-1-3-5-13)9-8-18(15)23-12-16(14)19(17)21/h1-7,15,18H,8-12H2/t15-,18?/m1/s1. The second-order valence-electron chi connectivity index (χ2n) is 6.39. The van der Waals surface area contributed by atoms with Gasteiger partial charge in [-0.2, -0.15) is 0 Å². The molecule has 0 aliphatic carbocycles. The van der Waals surface area contributed by atoms with Crippen molar-refractivity contribution in [1.29, 1.82) is 0 Å². The summed E-state index contributed by atoms with van der Waals surface area (Å²) in [6, 6.07) is 14.7. The van der Waals surface area contributed by atoms with Crippen LogP contribution < -0.4 is 0 Å². The van der Waals surface area contributed by atoms with Gasteiger partial charge in [0.1, 0.15) is 0 Å². The van der Waals surface area contributed by atoms with Crippen LogP contribution in [0.2, 0.25) is 10.0 Å². The first kappa shape index (κ1) is 15.5. The molecule has 1 fully saturated rings. The molecule has 0 spiro atoms. The molecule has 120 valence electrons. The van der Waals surface area contributed by atoms with E-state index in [4.69, 9.17) is 27.9 Å². The van der Waals surface area contributed by atoms with Crippen LogP contribution in [0.15, 0.2) is 42.5 Å². The van der Waals surface area contributed by atoms with Gasteiger partial charge in [-0.25, -0.2) is 0 Å². The first-order chi connectivity index (χ1) is 11.2. The highest BCUT2D eigenvalue weighted by Gasteiger charge is 2.36. The van der Waals surface area contributed by atoms with Crippen molar-refractivity contribution in [3.63, 3.8) is 0 Å². The number of ether oxygens (including phenoxy) is 1. The Kier molecular flexibility index (Phi) is 4.33. The van der Waals surface area contributed by atoms with Gasteiger partial charge < -0.3 is 4.74 Å². The minimum atomic E-state index is 0.298. The average Bonchev–Trinajstić information content (AvgIpc) is 2.59. The van der Waals surface area contributed by atoms with Crippen LogP contribution in [0.5, 0.6) is 0 Å². The Balaban J connectivity index is 1.57. The van der Waals surface area contributed by atoms with Gasteiger partial charge in [0.15, 0.2) is 0 Å². The zero-order valence-electron chi connectivity index (χ0n) is 12.8. The van der Waals surface area contributed by atoms with Crippen LogP contribution in [0.3, 0.4) is 0 Å². The Bertz CT molecular complexity index is 704. The lowest BCUT2D eigenvalue weighted by Crippen LogP contribution is -2.44. The summed E-state index contributed by atoms with van der Waals surface area (Å²) in [5.41, 5.74) is 3.74. The van der Waals surface area contributed by atoms with E-state index >= 15 is 0 Å². The van der Waals surface area contributed by atoms with E-state index in [9.17, 15) is 0 Å². The van der Waals surface area contributed by atoms with E-state index in [1.165, 1.54) is 11.1 Å². The molecule has 1 unspecified atom stereocenters. The number of likely N-dealkylation sites (tertiary alicyclic amines) is 1. The number of hydrogen-bond donors (Lipinski definition) is 0. The summed E-state index contributed by atoms with van der Waals surface area (Å²) in [5, 5.41) is 1.27. The minimum Gasteiger partial charge on any atom is -0.373 e. The van der Waals surface area contributed by atoms with Gasteiger partial charge in [0.25, 0.3) is 0 Å². The van der Waals surface area contributed by atoms with Crippen LogP contribution in [-0.4, -0.2) is 24.1 Å². The molecule has 0 bridgehead atoms. The summed E-state index contributed by atoms with van der Waals surface area (Å²) < 4.78 is 6.07. The Morgan fingerprint density at radius 1 is 1.09 bits per heavy atom. The van der Waals surface area contributed by atoms with E-state index in [1.54, 1.807) is 0 Å². The van der Waals surface area contributed by atoms with Crippen molar-refractivity contribution in [2.24, 2.45) is 0 Å². The number of nitrogens with zero attached hydrogens (tertiary/aromatic N) is 1. The first-order valence-electron chi connectivity index (χ1n) is 8.07. The van der Waals surface area contributed by atoms with Crippen LogP contribution >= 0.6 is 23.2 Å². The highest BCUT2D eigenvalue weighted by molar-refractivity contribution is 6.42. The molecular weight excluding hydrogens is 329 g/mol. The van der Waals surface area contributed by atoms with Gasteiger partial charge in [0.2, 0.25) is 0 Å². The highest BCUT2D eigenvalue weighted by atomic mass is 35.5. The van der Waals surface area contributed by atoms with Crippen LogP contribution in [0.25, 0.3) is 0 Å². The van der Waals surface area contributed by atoms with Crippen molar-refractivity contribution in [2.75, 3.05) is 13.1 Å². The van der Waals surface area contributed by atoms with Gasteiger partial charge in [-0.05, 0) is 23.6 Å². The van der Waals surface area contributed by atoms with Crippen LogP contribution in [0, 0.1) is 0 Å². The van der Waals surface area contributed by atoms with Crippen molar-refractivity contribution in [1.82, 2.24) is 4.90 Å². The molecule has 0 aromatic heterocycles. The molecule has 4 rings (SSSR count). The van der Waals surface area contributed by atoms with E-state index < -0.39 is 0 Å². The molecule has 2 atom stereocenters. The van der Waals surface area contributed by atoms with Crippen molar-refractivity contribution < 1.29 is 4.74 Å². The number of halogens is 2. The predicted octanol–water partition coefficient (Wildman–Crippen LogP) is 4.88. The molecule has 2 aromatic carbocycles. The fraction of sp³-hybridized carbons (Fsp3) is 0.368. The topological polar surface area (TPSA) is 12.5 Å². The number of benzene rings is 2. The molecular formula is C19H19Cl2NO. The number of piperidine rings is 1. The molecule has 2 aliphatic rings. The average molecular weight is 348 g/mol. The van der Waals surface area contributed by atoms with Crippen LogP contribution in [-0.2, 0) is 17.9 Å². The van der Waals surface area contributed by atoms with E-state index in [2.05, 4.69) is 41.3 Å². The summed E-state index contributed by atoms with van der Waals surface area (Å²) in [4.78, 5) is 2.51. The third-order valence-electron chi connectivity index (χ3n) is 4.96. The Hall–Kier alpha value is -1.06. The van der Waals surface area contributed by atoms with Gasteiger partial charge in [-0.3, -0.25) is 4.90 Å². The molecule has 2 nitrogen and oxygen atoms in total. The zero-order chi connectivity index (χ0) is 15.8. The second kappa shape index (κ2) is 6.45. The Morgan fingerprint density at radius 2 is 1.91 bits per heavy atom. The molecule has 4 heteroatoms. The molecule has 1 saturated heterocycles. The van der Waals surface area contributed by atoms with Crippen LogP contribution in [0.1, 0.15) is 29.0 Å². The van der Waals surface area contributed by atoms with Crippen LogP contribution in [0.4, 0.5) is 0 Å². The normalized spacial score (nSPS) is 24.1. The number of hydrogen-bond acceptors (Lipinski definition) is 2. The molecule has 0 amide bonds. The summed E-state index contributed by atoms with van der Waals surface area (Å²) in [7, 11) is 0. The van der Waals surface area contributed by atoms with Gasteiger partial charge >= 0.3 is 0 Å². The molecule has 2 aliphatic heterocycles. The lowest BCUT2D eigenvalue weighted by Gasteiger charge is -2.42. The zero-order valence-corrected chi connectivity index (χ0v) is 14.4. The highest BCUT2D eigenvalue weighted by Crippen LogP contribution is 2.41. The van der Waals surface area contributed by atoms with E-state index in [1.807, 2.05) is 6.07 Å². The quantitative estimate of drug-likeness (QED) is 0.767. The molecule has 0 N–H and O–H groups in total. The van der Waals surface area contributed by atoms with Gasteiger partial charge in [0.05, 0.1) is 22.8 Å². The maximum Gasteiger partial charge on any atom is 0.0738 e. The first-order valence-corrected chi connectivity index (χ1v) is 8.82. The van der Waals surface area contributed by atoms with Crippen molar-refractivity contribution in [2.45, 2.75) is 31.6 Å². The fourth-order valence-electron chi connectivity index (χ4n) is 3.77. The SMILES string of the molecule is Clc1ccc2c(c1Cl)COC1CCN(Cc3ccccc3)C[C@H]21. The maximum absolute atomic E-state index is 6.38. The van der Waals surface area contributed by atoms with E-state index in [0.29, 0.717) is 28.7 Å². The molecule has 0 saturated carbocycles. The fourth-order valence-corrected chi connectivity index (χ4v) is 4.18. The molecule has 2 heterocycles. The minimum absolute atomic E-state index is 0.298. The summed E-state index contributed by atoms with van der Waals surface area (Å²) in [6.07, 6.45) is 1.36. The second-order valence-corrected chi connectivity index (χ2v) is 7.18. The molecule has 2 aromatic rings. The summed E-state index contributed by atoms with van der Waals surface area (Å²) in [5.74, 6) is 0.381. The summed E-state index contributed by atoms with van der Waals surface area (Å²) in [6.45, 7) is 3.65.